The van der Waals surface area contributed by atoms with Gasteiger partial charge in [0.05, 0.1) is 28.1 Å². The Hall–Kier alpha value is -4.14. The van der Waals surface area contributed by atoms with Gasteiger partial charge >= 0.3 is 6.01 Å². The van der Waals surface area contributed by atoms with Gasteiger partial charge in [-0.3, -0.25) is 4.90 Å². The molecule has 11 heteroatoms. The Labute approximate surface area is 262 Å². The van der Waals surface area contributed by atoms with Crippen molar-refractivity contribution in [1.82, 2.24) is 20.2 Å². The number of alkyl halides is 1. The van der Waals surface area contributed by atoms with Crippen LogP contribution in [0, 0.1) is 29.8 Å². The molecule has 7 nitrogen and oxygen atoms in total. The number of piperazine rings is 1. The molecule has 5 aliphatic rings. The second kappa shape index (κ2) is 10.2. The lowest BCUT2D eigenvalue weighted by molar-refractivity contribution is 0.107. The second-order valence-corrected chi connectivity index (χ2v) is 13.3. The summed E-state index contributed by atoms with van der Waals surface area (Å²) < 4.78 is 75.8. The molecule has 4 aromatic rings. The lowest BCUT2D eigenvalue weighted by Crippen LogP contribution is -2.60. The number of rotatable bonds is 4. The number of terminal acetylenes is 1. The van der Waals surface area contributed by atoms with Crippen molar-refractivity contribution >= 4 is 27.5 Å². The average Bonchev–Trinajstić information content (AvgIpc) is 3.68. The molecule has 0 unspecified atom stereocenters. The lowest BCUT2D eigenvalue weighted by Gasteiger charge is -2.40. The molecule has 0 radical (unpaired) electrons. The summed E-state index contributed by atoms with van der Waals surface area (Å²) in [6, 6.07) is 7.68. The van der Waals surface area contributed by atoms with Gasteiger partial charge in [0.1, 0.15) is 36.5 Å². The Morgan fingerprint density at radius 1 is 1.09 bits per heavy atom. The van der Waals surface area contributed by atoms with Crippen LogP contribution in [-0.2, 0) is 0 Å². The largest absolute Gasteiger partial charge is 0.487 e. The predicted octanol–water partition coefficient (Wildman–Crippen LogP) is 5.51. The molecule has 3 aromatic carbocycles. The van der Waals surface area contributed by atoms with E-state index in [9.17, 15) is 8.78 Å². The van der Waals surface area contributed by atoms with Gasteiger partial charge in [-0.15, -0.1) is 6.42 Å². The van der Waals surface area contributed by atoms with Crippen LogP contribution in [0.15, 0.2) is 30.3 Å². The number of hydrogen-bond donors (Lipinski definition) is 1. The highest BCUT2D eigenvalue weighted by Gasteiger charge is 2.50. The number of nitrogens with zero attached hydrogens (tertiary/aromatic N) is 4. The number of benzene rings is 3. The molecule has 0 saturated carbocycles. The van der Waals surface area contributed by atoms with Gasteiger partial charge in [-0.1, -0.05) is 30.2 Å². The molecule has 6 heterocycles. The zero-order valence-corrected chi connectivity index (χ0v) is 25.0. The van der Waals surface area contributed by atoms with E-state index in [4.69, 9.17) is 20.9 Å². The SMILES string of the molecule is C#Cc1c(F)ccc2cccc(-c3c(F)c4c5c(nc(OC[C@@]67CCCN6C[C@H](F)C7)nc5c3F)N3C[C@H]5CC[C@H](N5)[C@H]3CO4)c12. The maximum absolute atomic E-state index is 17.0. The molecule has 0 amide bonds. The minimum Gasteiger partial charge on any atom is -0.487 e. The number of anilines is 1. The average molecular weight is 630 g/mol. The number of nitrogens with one attached hydrogen (secondary N) is 1. The summed E-state index contributed by atoms with van der Waals surface area (Å²) in [4.78, 5) is 13.5. The van der Waals surface area contributed by atoms with Crippen molar-refractivity contribution in [3.8, 4) is 35.2 Å². The molecular weight excluding hydrogens is 598 g/mol. The molecule has 0 spiro atoms. The van der Waals surface area contributed by atoms with Crippen LogP contribution in [0.5, 0.6) is 11.8 Å². The highest BCUT2D eigenvalue weighted by atomic mass is 19.1. The van der Waals surface area contributed by atoms with Crippen molar-refractivity contribution < 1.29 is 27.0 Å². The Kier molecular flexibility index (Phi) is 6.22. The third kappa shape index (κ3) is 3.99. The van der Waals surface area contributed by atoms with Crippen LogP contribution >= 0.6 is 0 Å². The van der Waals surface area contributed by atoms with Gasteiger partial charge in [-0.25, -0.2) is 17.6 Å². The molecule has 236 valence electrons. The smallest absolute Gasteiger partial charge is 0.319 e. The van der Waals surface area contributed by atoms with Crippen molar-refractivity contribution in [3.63, 3.8) is 0 Å². The van der Waals surface area contributed by atoms with E-state index in [1.807, 2.05) is 0 Å². The summed E-state index contributed by atoms with van der Waals surface area (Å²) in [5.74, 6) is 0.0104. The van der Waals surface area contributed by atoms with E-state index in [1.165, 1.54) is 18.2 Å². The molecule has 0 aliphatic carbocycles. The molecule has 5 atom stereocenters. The molecule has 4 fully saturated rings. The molecule has 9 rings (SSSR count). The third-order valence-electron chi connectivity index (χ3n) is 10.8. The Bertz CT molecular complexity index is 1980. The first-order valence-electron chi connectivity index (χ1n) is 15.9. The number of fused-ring (bicyclic) bond motifs is 7. The Morgan fingerprint density at radius 3 is 2.85 bits per heavy atom. The molecule has 5 aliphatic heterocycles. The lowest BCUT2D eigenvalue weighted by atomic mass is 9.92. The van der Waals surface area contributed by atoms with E-state index in [0.717, 1.165) is 32.2 Å². The minimum atomic E-state index is -0.949. The van der Waals surface area contributed by atoms with Crippen LogP contribution < -0.4 is 19.7 Å². The summed E-state index contributed by atoms with van der Waals surface area (Å²) in [5.41, 5.74) is -1.05. The zero-order valence-electron chi connectivity index (χ0n) is 25.0. The highest BCUT2D eigenvalue weighted by Crippen LogP contribution is 2.48. The number of hydrogen-bond acceptors (Lipinski definition) is 7. The normalized spacial score (nSPS) is 28.2. The minimum absolute atomic E-state index is 0.0618. The summed E-state index contributed by atoms with van der Waals surface area (Å²) in [6.07, 6.45) is 8.74. The fraction of sp³-hybridized carbons (Fsp3) is 0.429. The van der Waals surface area contributed by atoms with Crippen molar-refractivity contribution in [3.05, 3.63) is 53.3 Å². The number of aromatic nitrogens is 2. The number of ether oxygens (including phenoxy) is 2. The van der Waals surface area contributed by atoms with Crippen molar-refractivity contribution in [2.75, 3.05) is 37.7 Å². The topological polar surface area (TPSA) is 62.8 Å². The van der Waals surface area contributed by atoms with Crippen LogP contribution in [0.25, 0.3) is 32.8 Å². The molecule has 46 heavy (non-hydrogen) atoms. The van der Waals surface area contributed by atoms with Gasteiger partial charge in [0.15, 0.2) is 17.4 Å². The van der Waals surface area contributed by atoms with Gasteiger partial charge in [-0.05, 0) is 49.2 Å². The van der Waals surface area contributed by atoms with E-state index < -0.39 is 34.7 Å². The fourth-order valence-corrected chi connectivity index (χ4v) is 8.74. The van der Waals surface area contributed by atoms with Crippen LogP contribution in [-0.4, -0.2) is 77.6 Å². The van der Waals surface area contributed by atoms with Crippen LogP contribution in [0.1, 0.15) is 37.7 Å². The van der Waals surface area contributed by atoms with E-state index >= 15 is 8.78 Å². The number of halogens is 4. The Morgan fingerprint density at radius 2 is 1.98 bits per heavy atom. The molecule has 2 bridgehead atoms. The van der Waals surface area contributed by atoms with Crippen LogP contribution in [0.3, 0.4) is 0 Å². The monoisotopic (exact) mass is 629 g/mol. The maximum atomic E-state index is 17.0. The van der Waals surface area contributed by atoms with E-state index in [-0.39, 0.29) is 70.5 Å². The second-order valence-electron chi connectivity index (χ2n) is 13.3. The van der Waals surface area contributed by atoms with Crippen LogP contribution in [0.2, 0.25) is 0 Å². The van der Waals surface area contributed by atoms with Gasteiger partial charge < -0.3 is 19.7 Å². The predicted molar refractivity (Wildman–Crippen MR) is 165 cm³/mol. The first-order valence-corrected chi connectivity index (χ1v) is 15.9. The van der Waals surface area contributed by atoms with Crippen molar-refractivity contribution in [2.45, 2.75) is 61.9 Å². The quantitative estimate of drug-likeness (QED) is 0.236. The van der Waals surface area contributed by atoms with Crippen molar-refractivity contribution in [2.24, 2.45) is 0 Å². The Balaban J connectivity index is 1.26. The van der Waals surface area contributed by atoms with Gasteiger partial charge in [0.25, 0.3) is 0 Å². The summed E-state index contributed by atoms with van der Waals surface area (Å²) in [5, 5.41) is 4.50. The highest BCUT2D eigenvalue weighted by molar-refractivity contribution is 6.05. The summed E-state index contributed by atoms with van der Waals surface area (Å²) >= 11 is 0. The maximum Gasteiger partial charge on any atom is 0.319 e. The summed E-state index contributed by atoms with van der Waals surface area (Å²) in [6.45, 7) is 2.03. The summed E-state index contributed by atoms with van der Waals surface area (Å²) in [7, 11) is 0. The standard InChI is InChI=1S/C35H31F4N5O2/c1-2-21-23(37)9-7-18-5-3-6-22(26(18)21)27-29(38)31-28-32(30(27)39)45-16-25-24-10-8-20(40-24)15-44(25)33(28)42-34(41-31)46-17-35-11-4-12-43(35)14-19(36)13-35/h1,3,5-7,9,19-20,24-25,40H,4,8,10-17H2/t19-,20-,24+,25-,35+/m1/s1. The van der Waals surface area contributed by atoms with Crippen LogP contribution in [0.4, 0.5) is 23.4 Å². The molecule has 4 saturated heterocycles. The van der Waals surface area contributed by atoms with Gasteiger partial charge in [0, 0.05) is 37.0 Å². The van der Waals surface area contributed by atoms with Crippen molar-refractivity contribution in [1.29, 1.82) is 0 Å². The third-order valence-corrected chi connectivity index (χ3v) is 10.8. The zero-order chi connectivity index (χ0) is 31.3. The van der Waals surface area contributed by atoms with Gasteiger partial charge in [-0.2, -0.15) is 9.97 Å². The van der Waals surface area contributed by atoms with E-state index in [1.54, 1.807) is 12.1 Å². The first-order chi connectivity index (χ1) is 22.3. The van der Waals surface area contributed by atoms with E-state index in [2.05, 4.69) is 26.0 Å². The molecular formula is C35H31F4N5O2. The first kappa shape index (κ1) is 28.1. The molecule has 1 N–H and O–H groups in total. The van der Waals surface area contributed by atoms with Gasteiger partial charge in [0.2, 0.25) is 0 Å². The molecule has 1 aromatic heterocycles. The fourth-order valence-electron chi connectivity index (χ4n) is 8.74. The van der Waals surface area contributed by atoms with E-state index in [0.29, 0.717) is 30.7 Å².